The zero-order valence-electron chi connectivity index (χ0n) is 15.6. The number of carbonyl (C=O) groups is 1. The quantitative estimate of drug-likeness (QED) is 0.337. The van der Waals surface area contributed by atoms with Crippen molar-refractivity contribution in [2.45, 2.75) is 19.8 Å². The summed E-state index contributed by atoms with van der Waals surface area (Å²) in [5, 5.41) is 12.8. The molecule has 5 nitrogen and oxygen atoms in total. The lowest BCUT2D eigenvalue weighted by Crippen LogP contribution is -2.13. The van der Waals surface area contributed by atoms with Crippen LogP contribution >= 0.6 is 23.2 Å². The maximum Gasteiger partial charge on any atom is 0.266 e. The Kier molecular flexibility index (Phi) is 8.19. The van der Waals surface area contributed by atoms with Crippen LogP contribution < -0.4 is 14.8 Å². The van der Waals surface area contributed by atoms with Crippen molar-refractivity contribution < 1.29 is 14.3 Å². The number of anilines is 1. The molecule has 28 heavy (non-hydrogen) atoms. The van der Waals surface area contributed by atoms with Gasteiger partial charge in [0.2, 0.25) is 0 Å². The highest BCUT2D eigenvalue weighted by atomic mass is 35.5. The van der Waals surface area contributed by atoms with E-state index in [1.165, 1.54) is 12.1 Å². The van der Waals surface area contributed by atoms with E-state index in [0.717, 1.165) is 12.8 Å². The molecule has 0 saturated carbocycles. The van der Waals surface area contributed by atoms with Gasteiger partial charge in [-0.2, -0.15) is 5.26 Å². The molecule has 2 aromatic carbocycles. The van der Waals surface area contributed by atoms with E-state index in [1.807, 2.05) is 6.07 Å². The summed E-state index contributed by atoms with van der Waals surface area (Å²) in [6.07, 6.45) is 3.40. The van der Waals surface area contributed by atoms with Crippen LogP contribution in [0.15, 0.2) is 42.0 Å². The van der Waals surface area contributed by atoms with Crippen molar-refractivity contribution in [3.05, 3.63) is 57.6 Å². The number of nitrogens with zero attached hydrogens (tertiary/aromatic N) is 1. The molecule has 0 unspecified atom stereocenters. The van der Waals surface area contributed by atoms with E-state index in [2.05, 4.69) is 12.2 Å². The van der Waals surface area contributed by atoms with Gasteiger partial charge in [-0.25, -0.2) is 0 Å². The average molecular weight is 419 g/mol. The molecule has 1 amide bonds. The Morgan fingerprint density at radius 2 is 2.00 bits per heavy atom. The molecule has 2 rings (SSSR count). The van der Waals surface area contributed by atoms with E-state index in [4.69, 9.17) is 32.7 Å². The molecule has 2 aromatic rings. The predicted octanol–water partition coefficient (Wildman–Crippen LogP) is 5.73. The third kappa shape index (κ3) is 5.91. The van der Waals surface area contributed by atoms with Gasteiger partial charge in [-0.05, 0) is 48.4 Å². The number of methoxy groups -OCH3 is 1. The van der Waals surface area contributed by atoms with Crippen molar-refractivity contribution in [2.24, 2.45) is 0 Å². The topological polar surface area (TPSA) is 71.3 Å². The van der Waals surface area contributed by atoms with Gasteiger partial charge in [-0.15, -0.1) is 0 Å². The van der Waals surface area contributed by atoms with E-state index in [9.17, 15) is 10.1 Å². The van der Waals surface area contributed by atoms with Crippen LogP contribution in [-0.4, -0.2) is 19.6 Å². The van der Waals surface area contributed by atoms with Gasteiger partial charge >= 0.3 is 0 Å². The van der Waals surface area contributed by atoms with Crippen molar-refractivity contribution >= 4 is 40.9 Å². The highest BCUT2D eigenvalue weighted by Crippen LogP contribution is 2.30. The van der Waals surface area contributed by atoms with Gasteiger partial charge < -0.3 is 14.8 Å². The minimum atomic E-state index is -0.573. The maximum atomic E-state index is 12.5. The van der Waals surface area contributed by atoms with E-state index in [1.54, 1.807) is 37.4 Å². The van der Waals surface area contributed by atoms with Crippen molar-refractivity contribution in [2.75, 3.05) is 19.0 Å². The number of nitriles is 1. The Bertz CT molecular complexity index is 920. The Morgan fingerprint density at radius 3 is 2.64 bits per heavy atom. The van der Waals surface area contributed by atoms with Crippen LogP contribution in [0.3, 0.4) is 0 Å². The summed E-state index contributed by atoms with van der Waals surface area (Å²) in [5.74, 6) is 0.572. The number of halogens is 2. The van der Waals surface area contributed by atoms with Crippen LogP contribution in [0.5, 0.6) is 11.5 Å². The molecule has 0 aliphatic rings. The number of hydrogen-bond acceptors (Lipinski definition) is 4. The zero-order valence-corrected chi connectivity index (χ0v) is 17.1. The highest BCUT2D eigenvalue weighted by molar-refractivity contribution is 6.36. The van der Waals surface area contributed by atoms with Gasteiger partial charge in [-0.3, -0.25) is 4.79 Å². The zero-order chi connectivity index (χ0) is 20.5. The number of ether oxygens (including phenoxy) is 2. The molecule has 0 atom stereocenters. The first kappa shape index (κ1) is 21.6. The number of rotatable bonds is 8. The minimum absolute atomic E-state index is 0.0734. The summed E-state index contributed by atoms with van der Waals surface area (Å²) >= 11 is 11.9. The first-order chi connectivity index (χ1) is 13.5. The molecule has 7 heteroatoms. The lowest BCUT2D eigenvalue weighted by molar-refractivity contribution is -0.112. The Hall–Kier alpha value is -2.68. The number of carbonyl (C=O) groups excluding carboxylic acids is 1. The Balaban J connectivity index is 2.23. The Labute approximate surface area is 174 Å². The second kappa shape index (κ2) is 10.6. The molecule has 146 valence electrons. The van der Waals surface area contributed by atoms with Crippen molar-refractivity contribution in [1.29, 1.82) is 5.26 Å². The monoisotopic (exact) mass is 418 g/mol. The van der Waals surface area contributed by atoms with E-state index in [0.29, 0.717) is 34.4 Å². The minimum Gasteiger partial charge on any atom is -0.493 e. The fourth-order valence-electron chi connectivity index (χ4n) is 2.32. The first-order valence-electron chi connectivity index (χ1n) is 8.67. The van der Waals surface area contributed by atoms with Gasteiger partial charge in [0.05, 0.1) is 24.4 Å². The molecule has 0 saturated heterocycles. The van der Waals surface area contributed by atoms with Crippen LogP contribution in [0.4, 0.5) is 5.69 Å². The smallest absolute Gasteiger partial charge is 0.266 e. The Morgan fingerprint density at radius 1 is 1.21 bits per heavy atom. The first-order valence-corrected chi connectivity index (χ1v) is 9.43. The third-order valence-corrected chi connectivity index (χ3v) is 4.35. The SMILES string of the molecule is CCCCOc1cc(/C=C(\C#N)C(=O)Nc2ccc(Cl)cc2Cl)ccc1OC. The summed E-state index contributed by atoms with van der Waals surface area (Å²) in [6.45, 7) is 2.63. The average Bonchev–Trinajstić information content (AvgIpc) is 2.68. The normalized spacial score (nSPS) is 10.9. The second-order valence-electron chi connectivity index (χ2n) is 5.86. The third-order valence-electron chi connectivity index (χ3n) is 3.80. The van der Waals surface area contributed by atoms with Crippen LogP contribution in [0.2, 0.25) is 10.0 Å². The molecular weight excluding hydrogens is 399 g/mol. The molecule has 0 heterocycles. The molecule has 0 fully saturated rings. The summed E-state index contributed by atoms with van der Waals surface area (Å²) in [4.78, 5) is 12.5. The summed E-state index contributed by atoms with van der Waals surface area (Å²) < 4.78 is 11.0. The fraction of sp³-hybridized carbons (Fsp3) is 0.238. The van der Waals surface area contributed by atoms with Gasteiger partial charge in [-0.1, -0.05) is 42.6 Å². The highest BCUT2D eigenvalue weighted by Gasteiger charge is 2.13. The van der Waals surface area contributed by atoms with Crippen LogP contribution in [0.1, 0.15) is 25.3 Å². The van der Waals surface area contributed by atoms with Crippen molar-refractivity contribution in [3.8, 4) is 17.6 Å². The largest absolute Gasteiger partial charge is 0.493 e. The number of unbranched alkanes of at least 4 members (excludes halogenated alkanes) is 1. The molecule has 0 aliphatic heterocycles. The summed E-state index contributed by atoms with van der Waals surface area (Å²) in [7, 11) is 1.56. The van der Waals surface area contributed by atoms with Crippen LogP contribution in [0.25, 0.3) is 6.08 Å². The summed E-state index contributed by atoms with van der Waals surface area (Å²) in [5.41, 5.74) is 0.937. The number of hydrogen-bond donors (Lipinski definition) is 1. The molecule has 0 radical (unpaired) electrons. The molecule has 0 spiro atoms. The van der Waals surface area contributed by atoms with Crippen molar-refractivity contribution in [1.82, 2.24) is 0 Å². The van der Waals surface area contributed by atoms with Crippen LogP contribution in [0, 0.1) is 11.3 Å². The van der Waals surface area contributed by atoms with Gasteiger partial charge in [0, 0.05) is 5.02 Å². The van der Waals surface area contributed by atoms with Crippen molar-refractivity contribution in [3.63, 3.8) is 0 Å². The van der Waals surface area contributed by atoms with E-state index < -0.39 is 5.91 Å². The maximum absolute atomic E-state index is 12.5. The predicted molar refractivity (Wildman–Crippen MR) is 112 cm³/mol. The lowest BCUT2D eigenvalue weighted by atomic mass is 10.1. The lowest BCUT2D eigenvalue weighted by Gasteiger charge is -2.11. The molecular formula is C21H20Cl2N2O3. The molecule has 1 N–H and O–H groups in total. The summed E-state index contributed by atoms with van der Waals surface area (Å²) in [6, 6.07) is 11.8. The number of nitrogens with one attached hydrogen (secondary N) is 1. The standard InChI is InChI=1S/C21H20Cl2N2O3/c1-3-4-9-28-20-11-14(5-8-19(20)27-2)10-15(13-24)21(26)25-18-7-6-16(22)12-17(18)23/h5-8,10-12H,3-4,9H2,1-2H3,(H,25,26)/b15-10+. The molecule has 0 bridgehead atoms. The fourth-order valence-corrected chi connectivity index (χ4v) is 2.77. The number of benzene rings is 2. The van der Waals surface area contributed by atoms with Gasteiger partial charge in [0.15, 0.2) is 11.5 Å². The van der Waals surface area contributed by atoms with Crippen LogP contribution in [-0.2, 0) is 4.79 Å². The van der Waals surface area contributed by atoms with Gasteiger partial charge in [0.25, 0.3) is 5.91 Å². The second-order valence-corrected chi connectivity index (χ2v) is 6.70. The van der Waals surface area contributed by atoms with Gasteiger partial charge in [0.1, 0.15) is 11.6 Å². The van der Waals surface area contributed by atoms with E-state index in [-0.39, 0.29) is 10.6 Å². The molecule has 0 aliphatic carbocycles. The van der Waals surface area contributed by atoms with E-state index >= 15 is 0 Å². The number of amides is 1. The molecule has 0 aromatic heterocycles.